The molecule has 0 spiro atoms. The van der Waals surface area contributed by atoms with E-state index < -0.39 is 6.04 Å². The summed E-state index contributed by atoms with van der Waals surface area (Å²) in [5.74, 6) is 0.931. The minimum Gasteiger partial charge on any atom is -0.348 e. The fourth-order valence-electron chi connectivity index (χ4n) is 2.06. The molecule has 1 aliphatic heterocycles. The van der Waals surface area contributed by atoms with Gasteiger partial charge in [0.2, 0.25) is 5.91 Å². The zero-order valence-corrected chi connectivity index (χ0v) is 11.1. The molecule has 0 radical (unpaired) electrons. The lowest BCUT2D eigenvalue weighted by Gasteiger charge is -2.26. The molecule has 0 aliphatic carbocycles. The van der Waals surface area contributed by atoms with Crippen molar-refractivity contribution in [3.8, 4) is 0 Å². The largest absolute Gasteiger partial charge is 0.348 e. The van der Waals surface area contributed by atoms with Crippen molar-refractivity contribution in [2.75, 3.05) is 5.75 Å². The zero-order chi connectivity index (χ0) is 13.0. The number of fused-ring (bicyclic) bond motifs is 1. The van der Waals surface area contributed by atoms with E-state index in [0.29, 0.717) is 6.42 Å². The topological polar surface area (TPSA) is 55.1 Å². The molecule has 0 bridgehead atoms. The van der Waals surface area contributed by atoms with Gasteiger partial charge in [0.05, 0.1) is 12.1 Å². The van der Waals surface area contributed by atoms with Crippen molar-refractivity contribution in [2.24, 2.45) is 5.73 Å². The summed E-state index contributed by atoms with van der Waals surface area (Å²) in [6, 6.07) is 7.80. The quantitative estimate of drug-likeness (QED) is 0.818. The number of thioether (sulfide) groups is 1. The van der Waals surface area contributed by atoms with E-state index in [4.69, 9.17) is 5.73 Å². The monoisotopic (exact) mass is 262 g/mol. The summed E-state index contributed by atoms with van der Waals surface area (Å²) in [5.41, 5.74) is 6.98. The summed E-state index contributed by atoms with van der Waals surface area (Å²) >= 11 is 1.84. The SMILES string of the molecule is C=CCC(N)C(=O)NC1CCSc2ccccc21. The molecule has 2 atom stereocenters. The van der Waals surface area contributed by atoms with E-state index in [1.54, 1.807) is 6.08 Å². The Balaban J connectivity index is 2.07. The number of hydrogen-bond acceptors (Lipinski definition) is 3. The maximum Gasteiger partial charge on any atom is 0.237 e. The van der Waals surface area contributed by atoms with E-state index in [0.717, 1.165) is 12.2 Å². The van der Waals surface area contributed by atoms with Crippen molar-refractivity contribution < 1.29 is 4.79 Å². The van der Waals surface area contributed by atoms with Crippen LogP contribution in [0.4, 0.5) is 0 Å². The van der Waals surface area contributed by atoms with Crippen molar-refractivity contribution in [3.05, 3.63) is 42.5 Å². The van der Waals surface area contributed by atoms with E-state index in [2.05, 4.69) is 24.0 Å². The smallest absolute Gasteiger partial charge is 0.237 e. The summed E-state index contributed by atoms with van der Waals surface area (Å²) in [5, 5.41) is 3.03. The lowest BCUT2D eigenvalue weighted by atomic mass is 10.0. The molecule has 3 nitrogen and oxygen atoms in total. The van der Waals surface area contributed by atoms with Crippen LogP contribution in [-0.4, -0.2) is 17.7 Å². The third-order valence-corrected chi connectivity index (χ3v) is 4.15. The van der Waals surface area contributed by atoms with E-state index in [1.807, 2.05) is 23.9 Å². The third-order valence-electron chi connectivity index (χ3n) is 3.03. The van der Waals surface area contributed by atoms with Gasteiger partial charge in [-0.25, -0.2) is 0 Å². The zero-order valence-electron chi connectivity index (χ0n) is 10.3. The molecule has 4 heteroatoms. The Morgan fingerprint density at radius 3 is 3.17 bits per heavy atom. The van der Waals surface area contributed by atoms with Crippen LogP contribution in [0.25, 0.3) is 0 Å². The molecule has 2 unspecified atom stereocenters. The van der Waals surface area contributed by atoms with Crippen LogP contribution >= 0.6 is 11.8 Å². The molecule has 0 saturated carbocycles. The molecule has 1 aliphatic rings. The molecular formula is C14H18N2OS. The average Bonchev–Trinajstić information content (AvgIpc) is 2.39. The molecule has 2 rings (SSSR count). The van der Waals surface area contributed by atoms with Gasteiger partial charge >= 0.3 is 0 Å². The first-order valence-corrected chi connectivity index (χ1v) is 7.09. The van der Waals surface area contributed by atoms with Crippen LogP contribution in [0.2, 0.25) is 0 Å². The molecule has 0 aromatic heterocycles. The Morgan fingerprint density at radius 1 is 1.61 bits per heavy atom. The predicted molar refractivity (Wildman–Crippen MR) is 75.5 cm³/mol. The number of carbonyl (C=O) groups is 1. The summed E-state index contributed by atoms with van der Waals surface area (Å²) < 4.78 is 0. The van der Waals surface area contributed by atoms with Crippen LogP contribution in [0.1, 0.15) is 24.4 Å². The lowest BCUT2D eigenvalue weighted by molar-refractivity contribution is -0.123. The second-order valence-corrected chi connectivity index (χ2v) is 5.50. The first-order valence-electron chi connectivity index (χ1n) is 6.11. The van der Waals surface area contributed by atoms with Gasteiger partial charge in [0, 0.05) is 10.6 Å². The van der Waals surface area contributed by atoms with Gasteiger partial charge in [-0.2, -0.15) is 0 Å². The lowest BCUT2D eigenvalue weighted by Crippen LogP contribution is -2.42. The minimum atomic E-state index is -0.496. The molecule has 1 aromatic rings. The van der Waals surface area contributed by atoms with E-state index >= 15 is 0 Å². The van der Waals surface area contributed by atoms with Gasteiger partial charge in [-0.3, -0.25) is 4.79 Å². The predicted octanol–water partition coefficient (Wildman–Crippen LogP) is 2.24. The first-order chi connectivity index (χ1) is 8.72. The van der Waals surface area contributed by atoms with Crippen LogP contribution in [0.15, 0.2) is 41.8 Å². The highest BCUT2D eigenvalue weighted by molar-refractivity contribution is 7.99. The summed E-state index contributed by atoms with van der Waals surface area (Å²) in [4.78, 5) is 13.2. The second kappa shape index (κ2) is 6.07. The number of nitrogens with two attached hydrogens (primary N) is 1. The molecule has 3 N–H and O–H groups in total. The summed E-state index contributed by atoms with van der Waals surface area (Å²) in [6.45, 7) is 3.60. The number of nitrogens with one attached hydrogen (secondary N) is 1. The molecule has 1 amide bonds. The van der Waals surface area contributed by atoms with Crippen molar-refractivity contribution in [1.82, 2.24) is 5.32 Å². The van der Waals surface area contributed by atoms with Crippen molar-refractivity contribution >= 4 is 17.7 Å². The number of amides is 1. The van der Waals surface area contributed by atoms with Gasteiger partial charge in [-0.05, 0) is 24.5 Å². The van der Waals surface area contributed by atoms with Crippen molar-refractivity contribution in [3.63, 3.8) is 0 Å². The second-order valence-electron chi connectivity index (χ2n) is 4.37. The van der Waals surface area contributed by atoms with Gasteiger partial charge in [0.15, 0.2) is 0 Å². The van der Waals surface area contributed by atoms with Gasteiger partial charge in [-0.1, -0.05) is 24.3 Å². The van der Waals surface area contributed by atoms with Crippen LogP contribution in [0, 0.1) is 0 Å². The Hall–Kier alpha value is -1.26. The molecule has 18 heavy (non-hydrogen) atoms. The Morgan fingerprint density at radius 2 is 2.39 bits per heavy atom. The molecule has 0 fully saturated rings. The molecule has 0 saturated heterocycles. The van der Waals surface area contributed by atoms with Crippen LogP contribution in [0.3, 0.4) is 0 Å². The van der Waals surface area contributed by atoms with Crippen LogP contribution < -0.4 is 11.1 Å². The first kappa shape index (κ1) is 13.2. The number of hydrogen-bond donors (Lipinski definition) is 2. The molecule has 96 valence electrons. The van der Waals surface area contributed by atoms with Gasteiger partial charge < -0.3 is 11.1 Å². The number of rotatable bonds is 4. The Labute approximate surface area is 112 Å². The summed E-state index contributed by atoms with van der Waals surface area (Å²) in [6.07, 6.45) is 3.14. The highest BCUT2D eigenvalue weighted by atomic mass is 32.2. The average molecular weight is 262 g/mol. The van der Waals surface area contributed by atoms with Crippen LogP contribution in [0.5, 0.6) is 0 Å². The minimum absolute atomic E-state index is 0.0887. The molecule has 1 heterocycles. The van der Waals surface area contributed by atoms with E-state index in [1.165, 1.54) is 10.5 Å². The maximum atomic E-state index is 11.9. The van der Waals surface area contributed by atoms with Crippen molar-refractivity contribution in [2.45, 2.75) is 29.8 Å². The highest BCUT2D eigenvalue weighted by Crippen LogP contribution is 2.35. The van der Waals surface area contributed by atoms with E-state index in [9.17, 15) is 4.79 Å². The Kier molecular flexibility index (Phi) is 4.44. The van der Waals surface area contributed by atoms with Gasteiger partial charge in [-0.15, -0.1) is 18.3 Å². The maximum absolute atomic E-state index is 11.9. The fraction of sp³-hybridized carbons (Fsp3) is 0.357. The number of benzene rings is 1. The fourth-order valence-corrected chi connectivity index (χ4v) is 3.18. The molecule has 1 aromatic carbocycles. The van der Waals surface area contributed by atoms with Crippen LogP contribution in [-0.2, 0) is 4.79 Å². The standard InChI is InChI=1S/C14H18N2OS/c1-2-5-11(15)14(17)16-12-8-9-18-13-7-4-3-6-10(12)13/h2-4,6-7,11-12H,1,5,8-9,15H2,(H,16,17). The number of carbonyl (C=O) groups excluding carboxylic acids is 1. The highest BCUT2D eigenvalue weighted by Gasteiger charge is 2.23. The normalized spacial score (nSPS) is 19.7. The Bertz CT molecular complexity index is 447. The molecular weight excluding hydrogens is 244 g/mol. The van der Waals surface area contributed by atoms with Gasteiger partial charge in [0.25, 0.3) is 0 Å². The van der Waals surface area contributed by atoms with Crippen molar-refractivity contribution in [1.29, 1.82) is 0 Å². The van der Waals surface area contributed by atoms with E-state index in [-0.39, 0.29) is 11.9 Å². The summed E-state index contributed by atoms with van der Waals surface area (Å²) in [7, 11) is 0. The van der Waals surface area contributed by atoms with Gasteiger partial charge in [0.1, 0.15) is 0 Å². The third kappa shape index (κ3) is 2.94.